The van der Waals surface area contributed by atoms with E-state index in [1.165, 1.54) is 6.07 Å². The van der Waals surface area contributed by atoms with Crippen LogP contribution < -0.4 is 10.5 Å². The van der Waals surface area contributed by atoms with E-state index in [1.54, 1.807) is 12.1 Å². The zero-order chi connectivity index (χ0) is 14.4. The molecule has 0 amide bonds. The number of phenols is 1. The van der Waals surface area contributed by atoms with Crippen molar-refractivity contribution in [3.8, 4) is 17.6 Å². The molecule has 2 aromatic rings. The van der Waals surface area contributed by atoms with Crippen molar-refractivity contribution >= 4 is 12.4 Å². The molecule has 0 aliphatic rings. The Morgan fingerprint density at radius 2 is 1.90 bits per heavy atom. The van der Waals surface area contributed by atoms with Crippen molar-refractivity contribution in [2.45, 2.75) is 19.1 Å². The summed E-state index contributed by atoms with van der Waals surface area (Å²) in [6.07, 6.45) is 0.164. The molecule has 3 N–H and O–H groups in total. The molecule has 0 aliphatic heterocycles. The van der Waals surface area contributed by atoms with Crippen LogP contribution in [0.4, 0.5) is 0 Å². The molecule has 0 fully saturated rings. The van der Waals surface area contributed by atoms with Crippen molar-refractivity contribution in [3.63, 3.8) is 0 Å². The number of rotatable bonds is 5. The van der Waals surface area contributed by atoms with Gasteiger partial charge in [-0.2, -0.15) is 5.26 Å². The topological polar surface area (TPSA) is 79.3 Å². The number of hydrogen-bond acceptors (Lipinski definition) is 4. The maximum absolute atomic E-state index is 9.92. The summed E-state index contributed by atoms with van der Waals surface area (Å²) >= 11 is 0. The van der Waals surface area contributed by atoms with Gasteiger partial charge in [-0.1, -0.05) is 36.4 Å². The van der Waals surface area contributed by atoms with E-state index >= 15 is 0 Å². The average Bonchev–Trinajstić information content (AvgIpc) is 2.46. The van der Waals surface area contributed by atoms with E-state index in [4.69, 9.17) is 15.7 Å². The van der Waals surface area contributed by atoms with Gasteiger partial charge in [-0.15, -0.1) is 12.4 Å². The Morgan fingerprint density at radius 1 is 1.19 bits per heavy atom. The summed E-state index contributed by atoms with van der Waals surface area (Å²) in [5.41, 5.74) is 7.41. The number of nitrogens with two attached hydrogens (primary N) is 1. The summed E-state index contributed by atoms with van der Waals surface area (Å²) in [6, 6.07) is 16.2. The van der Waals surface area contributed by atoms with Gasteiger partial charge in [-0.05, 0) is 11.6 Å². The maximum Gasteiger partial charge on any atom is 0.124 e. The van der Waals surface area contributed by atoms with Gasteiger partial charge >= 0.3 is 0 Å². The summed E-state index contributed by atoms with van der Waals surface area (Å²) < 4.78 is 5.60. The Labute approximate surface area is 130 Å². The first-order chi connectivity index (χ1) is 9.70. The van der Waals surface area contributed by atoms with E-state index < -0.39 is 6.04 Å². The maximum atomic E-state index is 9.92. The second-order valence-corrected chi connectivity index (χ2v) is 4.46. The molecular weight excluding hydrogens is 288 g/mol. The van der Waals surface area contributed by atoms with Crippen LogP contribution in [0.5, 0.6) is 11.5 Å². The van der Waals surface area contributed by atoms with Crippen LogP contribution in [0.15, 0.2) is 48.5 Å². The Morgan fingerprint density at radius 3 is 2.52 bits per heavy atom. The SMILES string of the molecule is Cl.N#CC[C@@H](N)c1ccc(OCc2ccccc2)cc1O. The van der Waals surface area contributed by atoms with Gasteiger partial charge in [0.15, 0.2) is 0 Å². The monoisotopic (exact) mass is 304 g/mol. The number of hydrogen-bond donors (Lipinski definition) is 2. The Balaban J connectivity index is 0.00000220. The van der Waals surface area contributed by atoms with E-state index in [9.17, 15) is 5.11 Å². The molecule has 0 saturated heterocycles. The lowest BCUT2D eigenvalue weighted by molar-refractivity contribution is 0.304. The minimum Gasteiger partial charge on any atom is -0.507 e. The van der Waals surface area contributed by atoms with Gasteiger partial charge in [0.2, 0.25) is 0 Å². The molecule has 0 aliphatic carbocycles. The van der Waals surface area contributed by atoms with Gasteiger partial charge in [-0.25, -0.2) is 0 Å². The van der Waals surface area contributed by atoms with Crippen LogP contribution >= 0.6 is 12.4 Å². The molecule has 1 atom stereocenters. The van der Waals surface area contributed by atoms with Gasteiger partial charge in [0.05, 0.1) is 12.5 Å². The fraction of sp³-hybridized carbons (Fsp3) is 0.188. The fourth-order valence-electron chi connectivity index (χ4n) is 1.88. The molecule has 21 heavy (non-hydrogen) atoms. The first-order valence-corrected chi connectivity index (χ1v) is 6.33. The molecule has 5 heteroatoms. The highest BCUT2D eigenvalue weighted by molar-refractivity contribution is 5.85. The zero-order valence-corrected chi connectivity index (χ0v) is 12.2. The zero-order valence-electron chi connectivity index (χ0n) is 11.4. The van der Waals surface area contributed by atoms with Crippen molar-refractivity contribution in [2.75, 3.05) is 0 Å². The molecule has 0 bridgehead atoms. The average molecular weight is 305 g/mol. The molecule has 0 aromatic heterocycles. The Kier molecular flexibility index (Phi) is 6.54. The molecule has 0 heterocycles. The van der Waals surface area contributed by atoms with Crippen LogP contribution in [-0.4, -0.2) is 5.11 Å². The van der Waals surface area contributed by atoms with Gasteiger partial charge in [0, 0.05) is 17.7 Å². The standard InChI is InChI=1S/C16H16N2O2.ClH/c17-9-8-15(18)14-7-6-13(10-16(14)19)20-11-12-4-2-1-3-5-12;/h1-7,10,15,19H,8,11,18H2;1H/t15-;/m1./s1. The normalized spacial score (nSPS) is 11.0. The first-order valence-electron chi connectivity index (χ1n) is 6.33. The summed E-state index contributed by atoms with van der Waals surface area (Å²) in [7, 11) is 0. The number of nitriles is 1. The molecule has 110 valence electrons. The molecular formula is C16H17ClN2O2. The number of halogens is 1. The molecule has 0 saturated carbocycles. The molecule has 0 radical (unpaired) electrons. The quantitative estimate of drug-likeness (QED) is 0.888. The summed E-state index contributed by atoms with van der Waals surface area (Å²) in [5.74, 6) is 0.623. The van der Waals surface area contributed by atoms with Gasteiger partial charge in [0.1, 0.15) is 18.1 Å². The van der Waals surface area contributed by atoms with Gasteiger partial charge in [-0.3, -0.25) is 0 Å². The summed E-state index contributed by atoms with van der Waals surface area (Å²) in [6.45, 7) is 0.434. The van der Waals surface area contributed by atoms with Crippen molar-refractivity contribution in [1.29, 1.82) is 5.26 Å². The second kappa shape index (κ2) is 8.15. The minimum atomic E-state index is -0.483. The third-order valence-corrected chi connectivity index (χ3v) is 2.96. The van der Waals surface area contributed by atoms with Crippen LogP contribution in [0.2, 0.25) is 0 Å². The Hall–Kier alpha value is -2.22. The highest BCUT2D eigenvalue weighted by Gasteiger charge is 2.11. The highest BCUT2D eigenvalue weighted by Crippen LogP contribution is 2.29. The van der Waals surface area contributed by atoms with Crippen molar-refractivity contribution in [1.82, 2.24) is 0 Å². The third kappa shape index (κ3) is 4.67. The van der Waals surface area contributed by atoms with Crippen LogP contribution in [0.1, 0.15) is 23.6 Å². The summed E-state index contributed by atoms with van der Waals surface area (Å²) in [5, 5.41) is 18.5. The lowest BCUT2D eigenvalue weighted by atomic mass is 10.0. The predicted molar refractivity (Wildman–Crippen MR) is 83.3 cm³/mol. The lowest BCUT2D eigenvalue weighted by Crippen LogP contribution is -2.09. The third-order valence-electron chi connectivity index (χ3n) is 2.96. The molecule has 0 spiro atoms. The van der Waals surface area contributed by atoms with E-state index in [-0.39, 0.29) is 24.6 Å². The second-order valence-electron chi connectivity index (χ2n) is 4.46. The Bertz CT molecular complexity index is 611. The van der Waals surface area contributed by atoms with Crippen LogP contribution in [0.25, 0.3) is 0 Å². The molecule has 2 rings (SSSR count). The van der Waals surface area contributed by atoms with Crippen molar-refractivity contribution < 1.29 is 9.84 Å². The molecule has 4 nitrogen and oxygen atoms in total. The number of nitrogens with zero attached hydrogens (tertiary/aromatic N) is 1. The van der Waals surface area contributed by atoms with E-state index in [1.807, 2.05) is 36.4 Å². The van der Waals surface area contributed by atoms with Crippen LogP contribution in [-0.2, 0) is 6.61 Å². The largest absolute Gasteiger partial charge is 0.507 e. The minimum absolute atomic E-state index is 0. The predicted octanol–water partition coefficient (Wildman–Crippen LogP) is 3.31. The number of aromatic hydroxyl groups is 1. The number of phenolic OH excluding ortho intramolecular Hbond substituents is 1. The highest BCUT2D eigenvalue weighted by atomic mass is 35.5. The first kappa shape index (κ1) is 16.8. The molecule has 2 aromatic carbocycles. The fourth-order valence-corrected chi connectivity index (χ4v) is 1.88. The van der Waals surface area contributed by atoms with Gasteiger partial charge in [0.25, 0.3) is 0 Å². The van der Waals surface area contributed by atoms with Crippen LogP contribution in [0, 0.1) is 11.3 Å². The lowest BCUT2D eigenvalue weighted by Gasteiger charge is -2.12. The van der Waals surface area contributed by atoms with Crippen molar-refractivity contribution in [3.05, 3.63) is 59.7 Å². The van der Waals surface area contributed by atoms with E-state index in [0.29, 0.717) is 17.9 Å². The van der Waals surface area contributed by atoms with Crippen molar-refractivity contribution in [2.24, 2.45) is 5.73 Å². The smallest absolute Gasteiger partial charge is 0.124 e. The van der Waals surface area contributed by atoms with Gasteiger partial charge < -0.3 is 15.6 Å². The number of ether oxygens (including phenoxy) is 1. The molecule has 0 unspecified atom stereocenters. The number of benzene rings is 2. The van der Waals surface area contributed by atoms with E-state index in [0.717, 1.165) is 5.56 Å². The van der Waals surface area contributed by atoms with Crippen LogP contribution in [0.3, 0.4) is 0 Å². The summed E-state index contributed by atoms with van der Waals surface area (Å²) in [4.78, 5) is 0. The van der Waals surface area contributed by atoms with E-state index in [2.05, 4.69) is 0 Å².